The Hall–Kier alpha value is -1.60. The van der Waals surface area contributed by atoms with E-state index in [1.807, 2.05) is 13.0 Å². The second-order valence-electron chi connectivity index (χ2n) is 4.41. The van der Waals surface area contributed by atoms with Gasteiger partial charge in [-0.3, -0.25) is 4.90 Å². The lowest BCUT2D eigenvalue weighted by Crippen LogP contribution is -2.39. The highest BCUT2D eigenvalue weighted by molar-refractivity contribution is 5.50. The molecule has 2 heterocycles. The van der Waals surface area contributed by atoms with Crippen LogP contribution in [0.3, 0.4) is 0 Å². The van der Waals surface area contributed by atoms with Gasteiger partial charge >= 0.3 is 0 Å². The lowest BCUT2D eigenvalue weighted by molar-refractivity contribution is 0.0398. The van der Waals surface area contributed by atoms with Crippen LogP contribution in [0.25, 0.3) is 0 Å². The first-order valence-electron chi connectivity index (χ1n) is 6.70. The minimum Gasteiger partial charge on any atom is -0.379 e. The Morgan fingerprint density at radius 3 is 2.63 bits per heavy atom. The Balaban J connectivity index is 1.81. The van der Waals surface area contributed by atoms with Crippen LogP contribution in [0.4, 0.5) is 17.6 Å². The summed E-state index contributed by atoms with van der Waals surface area (Å²) < 4.78 is 5.32. The SMILES string of the molecule is CCNc1cc(NCCN2CCOCC2)nc(N)n1. The largest absolute Gasteiger partial charge is 0.379 e. The van der Waals surface area contributed by atoms with E-state index in [1.165, 1.54) is 0 Å². The van der Waals surface area contributed by atoms with E-state index in [-0.39, 0.29) is 5.95 Å². The van der Waals surface area contributed by atoms with Crippen LogP contribution < -0.4 is 16.4 Å². The molecule has 0 bridgehead atoms. The van der Waals surface area contributed by atoms with Crippen molar-refractivity contribution in [2.24, 2.45) is 0 Å². The third-order valence-corrected chi connectivity index (χ3v) is 2.94. The van der Waals surface area contributed by atoms with E-state index in [2.05, 4.69) is 25.5 Å². The van der Waals surface area contributed by atoms with Gasteiger partial charge in [0, 0.05) is 38.8 Å². The van der Waals surface area contributed by atoms with E-state index in [9.17, 15) is 0 Å². The minimum absolute atomic E-state index is 0.285. The molecular formula is C12H22N6O. The molecule has 0 amide bonds. The number of nitrogens with one attached hydrogen (secondary N) is 2. The molecule has 0 spiro atoms. The molecule has 0 unspecified atom stereocenters. The second kappa shape index (κ2) is 7.10. The number of nitrogens with zero attached hydrogens (tertiary/aromatic N) is 3. The predicted molar refractivity (Wildman–Crippen MR) is 76.4 cm³/mol. The smallest absolute Gasteiger partial charge is 0.223 e. The number of nitrogen functional groups attached to an aromatic ring is 1. The van der Waals surface area contributed by atoms with Crippen molar-refractivity contribution in [1.29, 1.82) is 0 Å². The summed E-state index contributed by atoms with van der Waals surface area (Å²) in [5.41, 5.74) is 5.68. The van der Waals surface area contributed by atoms with Crippen molar-refractivity contribution in [3.05, 3.63) is 6.07 Å². The van der Waals surface area contributed by atoms with E-state index >= 15 is 0 Å². The molecule has 0 saturated carbocycles. The molecule has 0 atom stereocenters. The fraction of sp³-hybridized carbons (Fsp3) is 0.667. The minimum atomic E-state index is 0.285. The molecule has 7 nitrogen and oxygen atoms in total. The summed E-state index contributed by atoms with van der Waals surface area (Å²) >= 11 is 0. The van der Waals surface area contributed by atoms with E-state index in [4.69, 9.17) is 10.5 Å². The number of rotatable bonds is 6. The molecule has 1 aromatic rings. The van der Waals surface area contributed by atoms with Gasteiger partial charge in [-0.25, -0.2) is 0 Å². The molecule has 1 aliphatic rings. The van der Waals surface area contributed by atoms with Gasteiger partial charge in [0.1, 0.15) is 11.6 Å². The first-order valence-corrected chi connectivity index (χ1v) is 6.70. The van der Waals surface area contributed by atoms with Crippen LogP contribution in [0.15, 0.2) is 6.07 Å². The van der Waals surface area contributed by atoms with E-state index < -0.39 is 0 Å². The first-order chi connectivity index (χ1) is 9.28. The van der Waals surface area contributed by atoms with Crippen LogP contribution in [0.2, 0.25) is 0 Å². The summed E-state index contributed by atoms with van der Waals surface area (Å²) in [6.07, 6.45) is 0. The van der Waals surface area contributed by atoms with Gasteiger partial charge in [-0.15, -0.1) is 0 Å². The molecule has 1 saturated heterocycles. The first kappa shape index (κ1) is 13.8. The lowest BCUT2D eigenvalue weighted by atomic mass is 10.4. The van der Waals surface area contributed by atoms with Gasteiger partial charge < -0.3 is 21.1 Å². The maximum atomic E-state index is 5.68. The molecule has 0 aliphatic carbocycles. The lowest BCUT2D eigenvalue weighted by Gasteiger charge is -2.26. The van der Waals surface area contributed by atoms with Gasteiger partial charge in [0.2, 0.25) is 5.95 Å². The third-order valence-electron chi connectivity index (χ3n) is 2.94. The van der Waals surface area contributed by atoms with Crippen LogP contribution in [-0.2, 0) is 4.74 Å². The number of hydrogen-bond donors (Lipinski definition) is 3. The molecule has 4 N–H and O–H groups in total. The molecule has 2 rings (SSSR count). The van der Waals surface area contributed by atoms with Crippen LogP contribution in [0.5, 0.6) is 0 Å². The number of morpholine rings is 1. The zero-order chi connectivity index (χ0) is 13.5. The Bertz CT molecular complexity index is 394. The molecule has 0 radical (unpaired) electrons. The maximum absolute atomic E-state index is 5.68. The monoisotopic (exact) mass is 266 g/mol. The molecule has 1 aromatic heterocycles. The van der Waals surface area contributed by atoms with Gasteiger partial charge in [0.15, 0.2) is 0 Å². The Morgan fingerprint density at radius 1 is 1.26 bits per heavy atom. The number of anilines is 3. The number of ether oxygens (including phenoxy) is 1. The predicted octanol–water partition coefficient (Wildman–Crippen LogP) is 0.235. The van der Waals surface area contributed by atoms with E-state index in [0.29, 0.717) is 0 Å². The van der Waals surface area contributed by atoms with Crippen molar-refractivity contribution in [3.8, 4) is 0 Å². The highest BCUT2D eigenvalue weighted by atomic mass is 16.5. The average molecular weight is 266 g/mol. The summed E-state index contributed by atoms with van der Waals surface area (Å²) in [5, 5.41) is 6.41. The highest BCUT2D eigenvalue weighted by Gasteiger charge is 2.09. The topological polar surface area (TPSA) is 88.3 Å². The normalized spacial score (nSPS) is 16.3. The number of aromatic nitrogens is 2. The van der Waals surface area contributed by atoms with Gasteiger partial charge in [-0.2, -0.15) is 9.97 Å². The van der Waals surface area contributed by atoms with Gasteiger partial charge in [0.05, 0.1) is 13.2 Å². The maximum Gasteiger partial charge on any atom is 0.223 e. The Labute approximate surface area is 113 Å². The summed E-state index contributed by atoms with van der Waals surface area (Å²) in [6.45, 7) is 8.28. The van der Waals surface area contributed by atoms with Crippen LogP contribution in [0, 0.1) is 0 Å². The van der Waals surface area contributed by atoms with Crippen LogP contribution in [-0.4, -0.2) is 60.8 Å². The van der Waals surface area contributed by atoms with Gasteiger partial charge in [0.25, 0.3) is 0 Å². The van der Waals surface area contributed by atoms with E-state index in [0.717, 1.165) is 57.6 Å². The van der Waals surface area contributed by atoms with Crippen molar-refractivity contribution in [2.45, 2.75) is 6.92 Å². The molecular weight excluding hydrogens is 244 g/mol. The number of hydrogen-bond acceptors (Lipinski definition) is 7. The molecule has 19 heavy (non-hydrogen) atoms. The zero-order valence-electron chi connectivity index (χ0n) is 11.4. The summed E-state index contributed by atoms with van der Waals surface area (Å²) in [6, 6.07) is 1.87. The van der Waals surface area contributed by atoms with Crippen molar-refractivity contribution in [2.75, 3.05) is 62.3 Å². The van der Waals surface area contributed by atoms with Crippen LogP contribution in [0.1, 0.15) is 6.92 Å². The fourth-order valence-corrected chi connectivity index (χ4v) is 1.99. The van der Waals surface area contributed by atoms with E-state index in [1.54, 1.807) is 0 Å². The quantitative estimate of drug-likeness (QED) is 0.679. The Kier molecular flexibility index (Phi) is 5.17. The van der Waals surface area contributed by atoms with Crippen molar-refractivity contribution < 1.29 is 4.74 Å². The zero-order valence-corrected chi connectivity index (χ0v) is 11.4. The average Bonchev–Trinajstić information content (AvgIpc) is 2.40. The molecule has 1 fully saturated rings. The van der Waals surface area contributed by atoms with Crippen molar-refractivity contribution >= 4 is 17.6 Å². The van der Waals surface area contributed by atoms with Gasteiger partial charge in [-0.05, 0) is 6.92 Å². The summed E-state index contributed by atoms with van der Waals surface area (Å²) in [7, 11) is 0. The van der Waals surface area contributed by atoms with Crippen molar-refractivity contribution in [3.63, 3.8) is 0 Å². The molecule has 0 aromatic carbocycles. The highest BCUT2D eigenvalue weighted by Crippen LogP contribution is 2.11. The molecule has 106 valence electrons. The number of nitrogens with two attached hydrogens (primary N) is 1. The van der Waals surface area contributed by atoms with Crippen LogP contribution >= 0.6 is 0 Å². The molecule has 7 heteroatoms. The Morgan fingerprint density at radius 2 is 1.95 bits per heavy atom. The standard InChI is InChI=1S/C12H22N6O/c1-2-14-10-9-11(17-12(13)16-10)15-3-4-18-5-7-19-8-6-18/h9H,2-8H2,1H3,(H4,13,14,15,16,17). The molecule has 1 aliphatic heterocycles. The summed E-state index contributed by atoms with van der Waals surface area (Å²) in [5.74, 6) is 1.80. The third kappa shape index (κ3) is 4.53. The van der Waals surface area contributed by atoms with Crippen molar-refractivity contribution in [1.82, 2.24) is 14.9 Å². The second-order valence-corrected chi connectivity index (χ2v) is 4.41. The van der Waals surface area contributed by atoms with Gasteiger partial charge in [-0.1, -0.05) is 0 Å². The summed E-state index contributed by atoms with van der Waals surface area (Å²) in [4.78, 5) is 10.6. The fourth-order valence-electron chi connectivity index (χ4n) is 1.99.